The van der Waals surface area contributed by atoms with Crippen LogP contribution in [0.3, 0.4) is 0 Å². The van der Waals surface area contributed by atoms with Gasteiger partial charge < -0.3 is 25.4 Å². The molecule has 1 aliphatic rings. The van der Waals surface area contributed by atoms with Crippen molar-refractivity contribution in [3.05, 3.63) is 53.2 Å². The molecule has 4 rings (SSSR count). The van der Waals surface area contributed by atoms with E-state index in [1.807, 2.05) is 39.8 Å². The normalized spacial score (nSPS) is 15.1. The molecule has 0 bridgehead atoms. The molecule has 2 aromatic heterocycles. The fourth-order valence-electron chi connectivity index (χ4n) is 4.31. The zero-order valence-electron chi connectivity index (χ0n) is 22.3. The predicted molar refractivity (Wildman–Crippen MR) is 142 cm³/mol. The number of nitrogens with one attached hydrogen (secondary N) is 2. The Balaban J connectivity index is 1.49. The van der Waals surface area contributed by atoms with Crippen molar-refractivity contribution < 1.29 is 19.4 Å². The number of aliphatic hydroxyl groups is 1. The number of hydrogen-bond acceptors (Lipinski definition) is 7. The molecule has 2 amide bonds. The molecule has 198 valence electrons. The summed E-state index contributed by atoms with van der Waals surface area (Å²) >= 11 is 0. The first-order chi connectivity index (χ1) is 17.3. The van der Waals surface area contributed by atoms with Gasteiger partial charge in [0.25, 0.3) is 5.91 Å². The van der Waals surface area contributed by atoms with E-state index in [1.165, 1.54) is 0 Å². The van der Waals surface area contributed by atoms with Gasteiger partial charge in [-0.15, -0.1) is 0 Å². The number of anilines is 2. The van der Waals surface area contributed by atoms with Crippen LogP contribution in [0.5, 0.6) is 0 Å². The van der Waals surface area contributed by atoms with Gasteiger partial charge in [0.15, 0.2) is 5.65 Å². The van der Waals surface area contributed by atoms with Crippen LogP contribution in [0.2, 0.25) is 0 Å². The molecular weight excluding hydrogens is 472 g/mol. The lowest BCUT2D eigenvalue weighted by Crippen LogP contribution is -2.46. The molecule has 37 heavy (non-hydrogen) atoms. The highest BCUT2D eigenvalue weighted by Crippen LogP contribution is 2.25. The van der Waals surface area contributed by atoms with Gasteiger partial charge in [0.1, 0.15) is 17.2 Å². The second-order valence-corrected chi connectivity index (χ2v) is 11.1. The molecule has 0 unspecified atom stereocenters. The van der Waals surface area contributed by atoms with Crippen LogP contribution in [0, 0.1) is 6.92 Å². The quantitative estimate of drug-likeness (QED) is 0.476. The summed E-state index contributed by atoms with van der Waals surface area (Å²) in [5, 5.41) is 20.6. The second-order valence-electron chi connectivity index (χ2n) is 11.1. The predicted octanol–water partition coefficient (Wildman–Crippen LogP) is 4.01. The fourth-order valence-corrected chi connectivity index (χ4v) is 4.31. The van der Waals surface area contributed by atoms with E-state index >= 15 is 0 Å². The molecule has 0 spiro atoms. The van der Waals surface area contributed by atoms with Gasteiger partial charge in [-0.1, -0.05) is 12.1 Å². The van der Waals surface area contributed by atoms with Gasteiger partial charge in [-0.05, 0) is 72.1 Å². The number of nitrogens with zero attached hydrogens (tertiary/aromatic N) is 4. The van der Waals surface area contributed by atoms with Crippen LogP contribution in [0.1, 0.15) is 69.1 Å². The standard InChI is InChI=1S/C27H36N6O4/c1-17-15-22-29-21(30-24(34)18-7-9-19(10-8-18)27(5,6)36)16-23(33(22)31-17)32-13-11-20(12-14-32)28-25(35)37-26(2,3)4/h7-10,15-16,20,36H,11-14H2,1-6H3,(H,28,35)(H,29,30,34). The lowest BCUT2D eigenvalue weighted by Gasteiger charge is -2.34. The maximum atomic E-state index is 12.9. The Hall–Kier alpha value is -3.66. The van der Waals surface area contributed by atoms with Crippen LogP contribution in [-0.2, 0) is 10.3 Å². The summed E-state index contributed by atoms with van der Waals surface area (Å²) in [5.74, 6) is 0.955. The third-order valence-corrected chi connectivity index (χ3v) is 6.17. The van der Waals surface area contributed by atoms with Gasteiger partial charge in [0.2, 0.25) is 0 Å². The van der Waals surface area contributed by atoms with Gasteiger partial charge in [-0.25, -0.2) is 9.78 Å². The van der Waals surface area contributed by atoms with E-state index in [2.05, 4.69) is 25.6 Å². The highest BCUT2D eigenvalue weighted by molar-refractivity contribution is 6.04. The average molecular weight is 509 g/mol. The SMILES string of the molecule is Cc1cc2nc(NC(=O)c3ccc(C(C)(C)O)cc3)cc(N3CCC(NC(=O)OC(C)(C)C)CC3)n2n1. The van der Waals surface area contributed by atoms with Crippen molar-refractivity contribution >= 4 is 29.3 Å². The summed E-state index contributed by atoms with van der Waals surface area (Å²) in [7, 11) is 0. The molecule has 10 nitrogen and oxygen atoms in total. The Morgan fingerprint density at radius 1 is 1.05 bits per heavy atom. The van der Waals surface area contributed by atoms with Crippen LogP contribution < -0.4 is 15.5 Å². The Bertz CT molecular complexity index is 1280. The molecule has 0 saturated carbocycles. The van der Waals surface area contributed by atoms with Crippen molar-refractivity contribution in [2.45, 2.75) is 71.6 Å². The van der Waals surface area contributed by atoms with E-state index in [9.17, 15) is 14.7 Å². The Morgan fingerprint density at radius 3 is 2.30 bits per heavy atom. The third kappa shape index (κ3) is 6.56. The summed E-state index contributed by atoms with van der Waals surface area (Å²) in [6.45, 7) is 12.2. The van der Waals surface area contributed by atoms with Crippen LogP contribution in [0.25, 0.3) is 5.65 Å². The summed E-state index contributed by atoms with van der Waals surface area (Å²) in [6.07, 6.45) is 1.09. The lowest BCUT2D eigenvalue weighted by molar-refractivity contribution is 0.0497. The minimum atomic E-state index is -0.980. The lowest BCUT2D eigenvalue weighted by atomic mass is 9.97. The monoisotopic (exact) mass is 508 g/mol. The molecule has 0 aliphatic carbocycles. The molecule has 0 atom stereocenters. The van der Waals surface area contributed by atoms with E-state index in [-0.39, 0.29) is 11.9 Å². The van der Waals surface area contributed by atoms with Gasteiger partial charge in [0.05, 0.1) is 11.3 Å². The number of fused-ring (bicyclic) bond motifs is 1. The average Bonchev–Trinajstić information content (AvgIpc) is 3.17. The summed E-state index contributed by atoms with van der Waals surface area (Å²) in [6, 6.07) is 10.6. The van der Waals surface area contributed by atoms with Gasteiger partial charge in [-0.3, -0.25) is 4.79 Å². The van der Waals surface area contributed by atoms with Crippen molar-refractivity contribution in [2.24, 2.45) is 0 Å². The highest BCUT2D eigenvalue weighted by atomic mass is 16.6. The van der Waals surface area contributed by atoms with Crippen LogP contribution in [0.15, 0.2) is 36.4 Å². The van der Waals surface area contributed by atoms with Gasteiger partial charge in [-0.2, -0.15) is 9.61 Å². The third-order valence-electron chi connectivity index (χ3n) is 6.17. The fraction of sp³-hybridized carbons (Fsp3) is 0.481. The maximum absolute atomic E-state index is 12.9. The Labute approximate surface area is 217 Å². The first-order valence-electron chi connectivity index (χ1n) is 12.5. The summed E-state index contributed by atoms with van der Waals surface area (Å²) < 4.78 is 7.17. The Kier molecular flexibility index (Phi) is 7.14. The smallest absolute Gasteiger partial charge is 0.407 e. The number of amides is 2. The molecular formula is C27H36N6O4. The van der Waals surface area contributed by atoms with E-state index in [1.54, 1.807) is 42.6 Å². The van der Waals surface area contributed by atoms with Crippen LogP contribution in [-0.4, -0.2) is 56.4 Å². The van der Waals surface area contributed by atoms with Gasteiger partial charge in [0, 0.05) is 36.8 Å². The number of hydrogen-bond donors (Lipinski definition) is 3. The molecule has 3 aromatic rings. The molecule has 1 aromatic carbocycles. The molecule has 1 fully saturated rings. The molecule has 3 N–H and O–H groups in total. The number of carbonyl (C=O) groups is 2. The molecule has 1 saturated heterocycles. The number of benzene rings is 1. The summed E-state index contributed by atoms with van der Waals surface area (Å²) in [5.41, 5.74) is 1.13. The van der Waals surface area contributed by atoms with E-state index in [0.717, 1.165) is 29.9 Å². The molecule has 10 heteroatoms. The topological polar surface area (TPSA) is 121 Å². The first-order valence-corrected chi connectivity index (χ1v) is 12.5. The van der Waals surface area contributed by atoms with Crippen molar-refractivity contribution in [2.75, 3.05) is 23.3 Å². The number of ether oxygens (including phenoxy) is 1. The van der Waals surface area contributed by atoms with Crippen LogP contribution >= 0.6 is 0 Å². The number of aryl methyl sites for hydroxylation is 1. The zero-order chi connectivity index (χ0) is 27.0. The number of alkyl carbamates (subject to hydrolysis) is 1. The van der Waals surface area contributed by atoms with Crippen molar-refractivity contribution in [1.29, 1.82) is 0 Å². The van der Waals surface area contributed by atoms with E-state index in [0.29, 0.717) is 30.1 Å². The highest BCUT2D eigenvalue weighted by Gasteiger charge is 2.26. The molecule has 1 aliphatic heterocycles. The van der Waals surface area contributed by atoms with E-state index in [4.69, 9.17) is 4.74 Å². The first kappa shape index (κ1) is 26.4. The minimum Gasteiger partial charge on any atom is -0.444 e. The van der Waals surface area contributed by atoms with Crippen molar-refractivity contribution in [3.8, 4) is 0 Å². The number of rotatable bonds is 5. The largest absolute Gasteiger partial charge is 0.444 e. The zero-order valence-corrected chi connectivity index (χ0v) is 22.3. The molecule has 3 heterocycles. The molecule has 0 radical (unpaired) electrons. The van der Waals surface area contributed by atoms with Crippen LogP contribution in [0.4, 0.5) is 16.4 Å². The van der Waals surface area contributed by atoms with Crippen molar-refractivity contribution in [3.63, 3.8) is 0 Å². The second kappa shape index (κ2) is 10.0. The number of aromatic nitrogens is 3. The number of carbonyl (C=O) groups excluding carboxylic acids is 2. The summed E-state index contributed by atoms with van der Waals surface area (Å²) in [4.78, 5) is 31.9. The van der Waals surface area contributed by atoms with Crippen molar-refractivity contribution in [1.82, 2.24) is 19.9 Å². The number of piperidine rings is 1. The van der Waals surface area contributed by atoms with Gasteiger partial charge >= 0.3 is 6.09 Å². The van der Waals surface area contributed by atoms with E-state index < -0.39 is 17.3 Å². The maximum Gasteiger partial charge on any atom is 0.407 e. The Morgan fingerprint density at radius 2 is 1.70 bits per heavy atom. The minimum absolute atomic E-state index is 0.0221.